The Morgan fingerprint density at radius 3 is 2.72 bits per heavy atom. The number of hydrogen-bond acceptors (Lipinski definition) is 2. The number of hydrogen-bond donors (Lipinski definition) is 1. The number of rotatable bonds is 2. The Balaban J connectivity index is 2.12. The summed E-state index contributed by atoms with van der Waals surface area (Å²) in [5.74, 6) is -2.08. The van der Waals surface area contributed by atoms with Crippen LogP contribution >= 0.6 is 15.9 Å². The third-order valence-corrected chi connectivity index (χ3v) is 3.60. The molecule has 2 rings (SSSR count). The summed E-state index contributed by atoms with van der Waals surface area (Å²) in [5.41, 5.74) is 0.356. The van der Waals surface area contributed by atoms with Crippen molar-refractivity contribution < 1.29 is 19.1 Å². The lowest BCUT2D eigenvalue weighted by Crippen LogP contribution is -2.29. The third kappa shape index (κ3) is 2.53. The minimum Gasteiger partial charge on any atom is -0.481 e. The highest BCUT2D eigenvalue weighted by molar-refractivity contribution is 9.10. The quantitative estimate of drug-likeness (QED) is 0.909. The molecule has 0 radical (unpaired) electrons. The van der Waals surface area contributed by atoms with E-state index in [1.807, 2.05) is 0 Å². The first-order chi connectivity index (χ1) is 8.49. The standard InChI is InChI=1S/C12H11BrFNO3/c13-9-5-7(1-2-10(9)14)11(16)15-4-3-8(6-15)12(17)18/h1-2,5,8H,3-4,6H2,(H,17,18)/t8-/m0/s1. The van der Waals surface area contributed by atoms with Crippen LogP contribution in [0.15, 0.2) is 22.7 Å². The van der Waals surface area contributed by atoms with Crippen LogP contribution in [0.1, 0.15) is 16.8 Å². The molecule has 1 saturated heterocycles. The minimum absolute atomic E-state index is 0.211. The van der Waals surface area contributed by atoms with E-state index in [9.17, 15) is 14.0 Å². The average Bonchev–Trinajstić information content (AvgIpc) is 2.81. The predicted molar refractivity (Wildman–Crippen MR) is 65.7 cm³/mol. The Hall–Kier alpha value is -1.43. The summed E-state index contributed by atoms with van der Waals surface area (Å²) >= 11 is 3.02. The van der Waals surface area contributed by atoms with Gasteiger partial charge in [0.05, 0.1) is 10.4 Å². The van der Waals surface area contributed by atoms with E-state index in [0.717, 1.165) is 0 Å². The van der Waals surface area contributed by atoms with Crippen LogP contribution in [0.5, 0.6) is 0 Å². The highest BCUT2D eigenvalue weighted by Gasteiger charge is 2.31. The van der Waals surface area contributed by atoms with Crippen LogP contribution < -0.4 is 0 Å². The van der Waals surface area contributed by atoms with Gasteiger partial charge in [-0.05, 0) is 40.5 Å². The van der Waals surface area contributed by atoms with Gasteiger partial charge in [0.1, 0.15) is 5.82 Å². The van der Waals surface area contributed by atoms with Gasteiger partial charge in [0.15, 0.2) is 0 Å². The van der Waals surface area contributed by atoms with Gasteiger partial charge in [-0.15, -0.1) is 0 Å². The van der Waals surface area contributed by atoms with Crippen molar-refractivity contribution in [1.29, 1.82) is 0 Å². The number of halogens is 2. The molecule has 1 aromatic carbocycles. The van der Waals surface area contributed by atoms with Crippen LogP contribution in [0, 0.1) is 11.7 Å². The summed E-state index contributed by atoms with van der Waals surface area (Å²) in [4.78, 5) is 24.4. The fraction of sp³-hybridized carbons (Fsp3) is 0.333. The Labute approximate surface area is 112 Å². The molecular weight excluding hydrogens is 305 g/mol. The molecule has 96 valence electrons. The lowest BCUT2D eigenvalue weighted by Gasteiger charge is -2.16. The Kier molecular flexibility index (Phi) is 3.65. The van der Waals surface area contributed by atoms with Crippen LogP contribution in [-0.4, -0.2) is 35.0 Å². The largest absolute Gasteiger partial charge is 0.481 e. The lowest BCUT2D eigenvalue weighted by molar-refractivity contribution is -0.141. The lowest BCUT2D eigenvalue weighted by atomic mass is 10.1. The van der Waals surface area contributed by atoms with Gasteiger partial charge in [0.2, 0.25) is 0 Å². The molecule has 0 unspecified atom stereocenters. The van der Waals surface area contributed by atoms with Gasteiger partial charge < -0.3 is 10.0 Å². The van der Waals surface area contributed by atoms with Crippen LogP contribution in [0.4, 0.5) is 4.39 Å². The monoisotopic (exact) mass is 315 g/mol. The van der Waals surface area contributed by atoms with E-state index in [0.29, 0.717) is 18.5 Å². The van der Waals surface area contributed by atoms with Gasteiger partial charge in [-0.2, -0.15) is 0 Å². The molecule has 4 nitrogen and oxygen atoms in total. The molecule has 1 heterocycles. The van der Waals surface area contributed by atoms with E-state index >= 15 is 0 Å². The van der Waals surface area contributed by atoms with Crippen molar-refractivity contribution >= 4 is 27.8 Å². The predicted octanol–water partition coefficient (Wildman–Crippen LogP) is 2.13. The summed E-state index contributed by atoms with van der Waals surface area (Å²) < 4.78 is 13.3. The molecule has 1 aromatic rings. The topological polar surface area (TPSA) is 57.6 Å². The normalized spacial score (nSPS) is 19.0. The maximum absolute atomic E-state index is 13.1. The summed E-state index contributed by atoms with van der Waals surface area (Å²) in [6, 6.07) is 4.02. The number of nitrogens with zero attached hydrogens (tertiary/aromatic N) is 1. The first kappa shape index (κ1) is 13.0. The van der Waals surface area contributed by atoms with E-state index in [2.05, 4.69) is 15.9 Å². The van der Waals surface area contributed by atoms with Gasteiger partial charge in [0, 0.05) is 18.7 Å². The Bertz CT molecular complexity index is 506. The fourth-order valence-corrected chi connectivity index (χ4v) is 2.34. The summed E-state index contributed by atoms with van der Waals surface area (Å²) in [5, 5.41) is 8.87. The molecule has 18 heavy (non-hydrogen) atoms. The maximum atomic E-state index is 13.1. The van der Waals surface area contributed by atoms with E-state index in [1.54, 1.807) is 0 Å². The highest BCUT2D eigenvalue weighted by atomic mass is 79.9. The summed E-state index contributed by atoms with van der Waals surface area (Å²) in [6.07, 6.45) is 0.462. The minimum atomic E-state index is -0.884. The van der Waals surface area contributed by atoms with Crippen LogP contribution in [0.2, 0.25) is 0 Å². The number of likely N-dealkylation sites (tertiary alicyclic amines) is 1. The molecule has 0 bridgehead atoms. The number of carbonyl (C=O) groups is 2. The molecule has 0 aliphatic carbocycles. The average molecular weight is 316 g/mol. The zero-order valence-electron chi connectivity index (χ0n) is 9.40. The van der Waals surface area contributed by atoms with Gasteiger partial charge >= 0.3 is 5.97 Å². The Morgan fingerprint density at radius 2 is 2.17 bits per heavy atom. The maximum Gasteiger partial charge on any atom is 0.308 e. The van der Waals surface area contributed by atoms with E-state index < -0.39 is 17.7 Å². The summed E-state index contributed by atoms with van der Waals surface area (Å²) in [7, 11) is 0. The van der Waals surface area contributed by atoms with E-state index in [4.69, 9.17) is 5.11 Å². The van der Waals surface area contributed by atoms with Crippen molar-refractivity contribution in [2.75, 3.05) is 13.1 Å². The molecule has 6 heteroatoms. The molecule has 1 amide bonds. The highest BCUT2D eigenvalue weighted by Crippen LogP contribution is 2.22. The number of benzene rings is 1. The number of carbonyl (C=O) groups excluding carboxylic acids is 1. The molecule has 0 saturated carbocycles. The van der Waals surface area contributed by atoms with Crippen LogP contribution in [-0.2, 0) is 4.79 Å². The number of carboxylic acid groups (broad SMARTS) is 1. The van der Waals surface area contributed by atoms with Crippen molar-refractivity contribution in [2.45, 2.75) is 6.42 Å². The number of aliphatic carboxylic acids is 1. The van der Waals surface area contributed by atoms with Crippen LogP contribution in [0.3, 0.4) is 0 Å². The van der Waals surface area contributed by atoms with E-state index in [1.165, 1.54) is 23.1 Å². The van der Waals surface area contributed by atoms with Crippen molar-refractivity contribution in [3.05, 3.63) is 34.1 Å². The summed E-state index contributed by atoms with van der Waals surface area (Å²) in [6.45, 7) is 0.633. The van der Waals surface area contributed by atoms with Gasteiger partial charge in [-0.3, -0.25) is 9.59 Å². The molecular formula is C12H11BrFNO3. The molecule has 1 fully saturated rings. The Morgan fingerprint density at radius 1 is 1.44 bits per heavy atom. The van der Waals surface area contributed by atoms with Gasteiger partial charge in [-0.25, -0.2) is 4.39 Å². The first-order valence-electron chi connectivity index (χ1n) is 5.46. The first-order valence-corrected chi connectivity index (χ1v) is 6.25. The fourth-order valence-electron chi connectivity index (χ4n) is 1.96. The van der Waals surface area contributed by atoms with E-state index in [-0.39, 0.29) is 16.9 Å². The molecule has 0 spiro atoms. The number of amides is 1. The molecule has 1 N–H and O–H groups in total. The zero-order valence-corrected chi connectivity index (χ0v) is 11.0. The second-order valence-corrected chi connectivity index (χ2v) is 5.06. The second kappa shape index (κ2) is 5.06. The van der Waals surface area contributed by atoms with Crippen molar-refractivity contribution in [3.63, 3.8) is 0 Å². The van der Waals surface area contributed by atoms with Crippen LogP contribution in [0.25, 0.3) is 0 Å². The molecule has 0 aromatic heterocycles. The van der Waals surface area contributed by atoms with Crippen molar-refractivity contribution in [2.24, 2.45) is 5.92 Å². The second-order valence-electron chi connectivity index (χ2n) is 4.20. The number of carboxylic acids is 1. The van der Waals surface area contributed by atoms with Crippen molar-refractivity contribution in [3.8, 4) is 0 Å². The van der Waals surface area contributed by atoms with Gasteiger partial charge in [-0.1, -0.05) is 0 Å². The van der Waals surface area contributed by atoms with Crippen molar-refractivity contribution in [1.82, 2.24) is 4.90 Å². The smallest absolute Gasteiger partial charge is 0.308 e. The zero-order chi connectivity index (χ0) is 13.3. The SMILES string of the molecule is O=C(O)[C@H]1CCN(C(=O)c2ccc(F)c(Br)c2)C1. The third-order valence-electron chi connectivity index (χ3n) is 2.99. The molecule has 1 atom stereocenters. The molecule has 1 aliphatic heterocycles. The van der Waals surface area contributed by atoms with Gasteiger partial charge in [0.25, 0.3) is 5.91 Å². The molecule has 1 aliphatic rings.